The van der Waals surface area contributed by atoms with Crippen molar-refractivity contribution in [2.24, 2.45) is 0 Å². The van der Waals surface area contributed by atoms with Crippen LogP contribution in [0.4, 0.5) is 5.69 Å². The Labute approximate surface area is 155 Å². The molecule has 7 heteroatoms. The fourth-order valence-corrected chi connectivity index (χ4v) is 3.53. The van der Waals surface area contributed by atoms with Gasteiger partial charge >= 0.3 is 0 Å². The smallest absolute Gasteiger partial charge is 0.280 e. The molecule has 1 heterocycles. The van der Waals surface area contributed by atoms with Crippen molar-refractivity contribution in [3.8, 4) is 11.5 Å². The quantitative estimate of drug-likeness (QED) is 0.508. The largest absolute Gasteiger partial charge is 0.454 e. The number of ether oxygens (including phenoxy) is 2. The number of carbonyl (C=O) groups is 1. The number of nitrogens with one attached hydrogen (secondary N) is 1. The van der Waals surface area contributed by atoms with Crippen molar-refractivity contribution in [1.82, 2.24) is 5.32 Å². The van der Waals surface area contributed by atoms with E-state index in [2.05, 4.69) is 11.4 Å². The SMILES string of the molecule is O=C(/C=C/c1cc2c(cc1[N+](=O)[O-])OCO2)N[C@H]1CCCc2ccccc21. The number of nitro groups is 1. The Morgan fingerprint density at radius 2 is 2.00 bits per heavy atom. The molecule has 0 saturated heterocycles. The zero-order chi connectivity index (χ0) is 18.8. The number of amides is 1. The van der Waals surface area contributed by atoms with Gasteiger partial charge in [-0.15, -0.1) is 0 Å². The maximum atomic E-state index is 12.4. The monoisotopic (exact) mass is 366 g/mol. The fourth-order valence-electron chi connectivity index (χ4n) is 3.53. The third kappa shape index (κ3) is 3.48. The second-order valence-corrected chi connectivity index (χ2v) is 6.51. The second-order valence-electron chi connectivity index (χ2n) is 6.51. The van der Waals surface area contributed by atoms with Crippen molar-refractivity contribution in [3.63, 3.8) is 0 Å². The first kappa shape index (κ1) is 17.1. The van der Waals surface area contributed by atoms with E-state index in [4.69, 9.17) is 9.47 Å². The first-order valence-electron chi connectivity index (χ1n) is 8.76. The molecule has 138 valence electrons. The minimum Gasteiger partial charge on any atom is -0.454 e. The van der Waals surface area contributed by atoms with Gasteiger partial charge in [0.1, 0.15) is 0 Å². The highest BCUT2D eigenvalue weighted by Crippen LogP contribution is 2.38. The molecule has 4 rings (SSSR count). The summed E-state index contributed by atoms with van der Waals surface area (Å²) >= 11 is 0. The third-order valence-electron chi connectivity index (χ3n) is 4.82. The lowest BCUT2D eigenvalue weighted by Crippen LogP contribution is -2.29. The highest BCUT2D eigenvalue weighted by molar-refractivity contribution is 5.92. The van der Waals surface area contributed by atoms with Crippen LogP contribution in [0.1, 0.15) is 35.6 Å². The van der Waals surface area contributed by atoms with Crippen molar-refractivity contribution in [2.45, 2.75) is 25.3 Å². The molecule has 2 aromatic carbocycles. The van der Waals surface area contributed by atoms with Gasteiger partial charge in [-0.25, -0.2) is 0 Å². The number of hydrogen-bond donors (Lipinski definition) is 1. The Morgan fingerprint density at radius 3 is 2.81 bits per heavy atom. The summed E-state index contributed by atoms with van der Waals surface area (Å²) in [6.45, 7) is 0.0290. The van der Waals surface area contributed by atoms with Crippen LogP contribution in [0.5, 0.6) is 11.5 Å². The highest BCUT2D eigenvalue weighted by atomic mass is 16.7. The maximum Gasteiger partial charge on any atom is 0.280 e. The third-order valence-corrected chi connectivity index (χ3v) is 4.82. The fraction of sp³-hybridized carbons (Fsp3) is 0.250. The summed E-state index contributed by atoms with van der Waals surface area (Å²) in [7, 11) is 0. The van der Waals surface area contributed by atoms with Gasteiger partial charge in [-0.3, -0.25) is 14.9 Å². The van der Waals surface area contributed by atoms with Gasteiger partial charge in [0.25, 0.3) is 5.69 Å². The number of benzene rings is 2. The number of hydrogen-bond acceptors (Lipinski definition) is 5. The second kappa shape index (κ2) is 7.11. The van der Waals surface area contributed by atoms with Crippen LogP contribution in [0.3, 0.4) is 0 Å². The normalized spacial score (nSPS) is 17.6. The van der Waals surface area contributed by atoms with Crippen molar-refractivity contribution in [1.29, 1.82) is 0 Å². The molecule has 0 saturated carbocycles. The first-order chi connectivity index (χ1) is 13.1. The summed E-state index contributed by atoms with van der Waals surface area (Å²) in [5.74, 6) is 0.479. The lowest BCUT2D eigenvalue weighted by molar-refractivity contribution is -0.385. The van der Waals surface area contributed by atoms with E-state index >= 15 is 0 Å². The summed E-state index contributed by atoms with van der Waals surface area (Å²) in [6.07, 6.45) is 5.66. The number of nitrogens with zero attached hydrogens (tertiary/aromatic N) is 1. The predicted octanol–water partition coefficient (Wildman–Crippen LogP) is 3.53. The van der Waals surface area contributed by atoms with Crippen LogP contribution in [-0.4, -0.2) is 17.6 Å². The average Bonchev–Trinajstić information content (AvgIpc) is 3.13. The number of carbonyl (C=O) groups excluding carboxylic acids is 1. The van der Waals surface area contributed by atoms with E-state index in [0.717, 1.165) is 24.8 Å². The van der Waals surface area contributed by atoms with Gasteiger partial charge in [-0.2, -0.15) is 0 Å². The Balaban J connectivity index is 1.52. The molecule has 1 aliphatic carbocycles. The van der Waals surface area contributed by atoms with E-state index in [-0.39, 0.29) is 24.4 Å². The van der Waals surface area contributed by atoms with E-state index in [1.165, 1.54) is 29.8 Å². The Kier molecular flexibility index (Phi) is 4.50. The van der Waals surface area contributed by atoms with Crippen molar-refractivity contribution in [3.05, 3.63) is 69.3 Å². The van der Waals surface area contributed by atoms with Crippen LogP contribution >= 0.6 is 0 Å². The zero-order valence-corrected chi connectivity index (χ0v) is 14.5. The molecule has 0 fully saturated rings. The topological polar surface area (TPSA) is 90.7 Å². The molecule has 0 aromatic heterocycles. The summed E-state index contributed by atoms with van der Waals surface area (Å²) in [5.41, 5.74) is 2.55. The number of aryl methyl sites for hydroxylation is 1. The van der Waals surface area contributed by atoms with Crippen LogP contribution in [-0.2, 0) is 11.2 Å². The molecule has 0 unspecified atom stereocenters. The van der Waals surface area contributed by atoms with E-state index < -0.39 is 4.92 Å². The molecule has 27 heavy (non-hydrogen) atoms. The summed E-state index contributed by atoms with van der Waals surface area (Å²) in [5, 5.41) is 14.3. The lowest BCUT2D eigenvalue weighted by atomic mass is 9.88. The molecule has 1 N–H and O–H groups in total. The van der Waals surface area contributed by atoms with Gasteiger partial charge in [0, 0.05) is 6.08 Å². The average molecular weight is 366 g/mol. The molecule has 0 bridgehead atoms. The van der Waals surface area contributed by atoms with Crippen LogP contribution in [0.25, 0.3) is 6.08 Å². The summed E-state index contributed by atoms with van der Waals surface area (Å²) < 4.78 is 10.4. The summed E-state index contributed by atoms with van der Waals surface area (Å²) in [6, 6.07) is 10.9. The molecule has 2 aromatic rings. The van der Waals surface area contributed by atoms with Crippen LogP contribution in [0.2, 0.25) is 0 Å². The Bertz CT molecular complexity index is 938. The molecule has 0 radical (unpaired) electrons. The van der Waals surface area contributed by atoms with Gasteiger partial charge in [0.05, 0.1) is 22.6 Å². The highest BCUT2D eigenvalue weighted by Gasteiger charge is 2.23. The van der Waals surface area contributed by atoms with Gasteiger partial charge in [-0.05, 0) is 42.5 Å². The van der Waals surface area contributed by atoms with Crippen molar-refractivity contribution >= 4 is 17.7 Å². The predicted molar refractivity (Wildman–Crippen MR) is 98.5 cm³/mol. The molecular weight excluding hydrogens is 348 g/mol. The van der Waals surface area contributed by atoms with Crippen molar-refractivity contribution in [2.75, 3.05) is 6.79 Å². The molecule has 7 nitrogen and oxygen atoms in total. The van der Waals surface area contributed by atoms with Crippen LogP contribution < -0.4 is 14.8 Å². The van der Waals surface area contributed by atoms with E-state index in [1.54, 1.807) is 0 Å². The lowest BCUT2D eigenvalue weighted by Gasteiger charge is -2.25. The molecule has 0 spiro atoms. The number of nitro benzene ring substituents is 1. The van der Waals surface area contributed by atoms with Crippen molar-refractivity contribution < 1.29 is 19.2 Å². The van der Waals surface area contributed by atoms with E-state index in [9.17, 15) is 14.9 Å². The van der Waals surface area contributed by atoms with Crippen LogP contribution in [0.15, 0.2) is 42.5 Å². The molecule has 2 aliphatic rings. The maximum absolute atomic E-state index is 12.4. The minimum absolute atomic E-state index is 0.0290. The van der Waals surface area contributed by atoms with Gasteiger partial charge in [0.2, 0.25) is 12.7 Å². The standard InChI is InChI=1S/C20H18N2O5/c23-20(21-16-7-3-5-13-4-1-2-6-15(13)16)9-8-14-10-18-19(27-12-26-18)11-17(14)22(24)25/h1-2,4,6,8-11,16H,3,5,7,12H2,(H,21,23)/b9-8+/t16-/m0/s1. The number of rotatable bonds is 4. The molecule has 1 atom stereocenters. The van der Waals surface area contributed by atoms with Crippen LogP contribution in [0, 0.1) is 10.1 Å². The first-order valence-corrected chi connectivity index (χ1v) is 8.76. The zero-order valence-electron chi connectivity index (χ0n) is 14.5. The Hall–Kier alpha value is -3.35. The van der Waals surface area contributed by atoms with E-state index in [0.29, 0.717) is 17.1 Å². The number of fused-ring (bicyclic) bond motifs is 2. The summed E-state index contributed by atoms with van der Waals surface area (Å²) in [4.78, 5) is 23.2. The Morgan fingerprint density at radius 1 is 1.22 bits per heavy atom. The van der Waals surface area contributed by atoms with Gasteiger partial charge < -0.3 is 14.8 Å². The van der Waals surface area contributed by atoms with E-state index in [1.807, 2.05) is 18.2 Å². The van der Waals surface area contributed by atoms with Gasteiger partial charge in [0.15, 0.2) is 11.5 Å². The minimum atomic E-state index is -0.503. The molecule has 1 amide bonds. The molecular formula is C20H18N2O5. The molecule has 1 aliphatic heterocycles. The van der Waals surface area contributed by atoms with Gasteiger partial charge in [-0.1, -0.05) is 24.3 Å².